The van der Waals surface area contributed by atoms with Crippen LogP contribution in [0.4, 0.5) is 17.5 Å². The van der Waals surface area contributed by atoms with E-state index in [-0.39, 0.29) is 0 Å². The molecule has 2 aliphatic heterocycles. The van der Waals surface area contributed by atoms with E-state index in [2.05, 4.69) is 44.2 Å². The Morgan fingerprint density at radius 1 is 1.28 bits per heavy atom. The van der Waals surface area contributed by atoms with Crippen LogP contribution in [0.25, 0.3) is 5.70 Å². The average molecular weight is 449 g/mol. The number of rotatable bonds is 2. The van der Waals surface area contributed by atoms with Crippen molar-refractivity contribution in [2.45, 2.75) is 25.3 Å². The quantitative estimate of drug-likeness (QED) is 0.313. The Balaban J connectivity index is 1.69. The number of hydrogen-bond acceptors (Lipinski definition) is 9. The highest BCUT2D eigenvalue weighted by Crippen LogP contribution is 2.30. The number of anilines is 2. The van der Waals surface area contributed by atoms with Crippen LogP contribution in [0.1, 0.15) is 24.5 Å². The first-order valence-electron chi connectivity index (χ1n) is 10.5. The smallest absolute Gasteiger partial charge is 0.155 e. The molecule has 32 heavy (non-hydrogen) atoms. The molecule has 1 fully saturated rings. The predicted octanol–water partition coefficient (Wildman–Crippen LogP) is 3.68. The van der Waals surface area contributed by atoms with E-state index in [1.165, 1.54) is 17.5 Å². The van der Waals surface area contributed by atoms with Crippen molar-refractivity contribution in [1.29, 1.82) is 0 Å². The van der Waals surface area contributed by atoms with Crippen LogP contribution < -0.4 is 26.2 Å². The van der Waals surface area contributed by atoms with Gasteiger partial charge in [0.15, 0.2) is 11.6 Å². The maximum absolute atomic E-state index is 5.69. The third kappa shape index (κ3) is 5.30. The first-order valence-corrected chi connectivity index (χ1v) is 11.3. The van der Waals surface area contributed by atoms with Crippen LogP contribution in [0.5, 0.6) is 0 Å². The minimum Gasteiger partial charge on any atom is -0.402 e. The summed E-state index contributed by atoms with van der Waals surface area (Å²) in [6.45, 7) is 10.5. The van der Waals surface area contributed by atoms with Crippen LogP contribution in [-0.4, -0.2) is 35.8 Å². The van der Waals surface area contributed by atoms with Gasteiger partial charge in [-0.1, -0.05) is 18.7 Å². The summed E-state index contributed by atoms with van der Waals surface area (Å²) in [6, 6.07) is 7.96. The molecule has 4 rings (SSSR count). The highest BCUT2D eigenvalue weighted by atomic mass is 32.2. The first-order chi connectivity index (χ1) is 15.5. The number of hydrazine groups is 1. The summed E-state index contributed by atoms with van der Waals surface area (Å²) in [6.07, 6.45) is 6.60. The van der Waals surface area contributed by atoms with Crippen molar-refractivity contribution in [2.24, 2.45) is 10.7 Å². The van der Waals surface area contributed by atoms with E-state index in [0.29, 0.717) is 11.5 Å². The van der Waals surface area contributed by atoms with Crippen molar-refractivity contribution in [2.75, 3.05) is 30.0 Å². The lowest BCUT2D eigenvalue weighted by atomic mass is 10.2. The van der Waals surface area contributed by atoms with Gasteiger partial charge in [-0.05, 0) is 55.7 Å². The van der Waals surface area contributed by atoms with E-state index in [0.717, 1.165) is 59.5 Å². The summed E-state index contributed by atoms with van der Waals surface area (Å²) in [4.78, 5) is 14.0. The number of allylic oxidation sites excluding steroid dienone is 2. The third-order valence-electron chi connectivity index (χ3n) is 5.05. The largest absolute Gasteiger partial charge is 0.402 e. The van der Waals surface area contributed by atoms with Crippen molar-refractivity contribution in [3.05, 3.63) is 65.4 Å². The lowest BCUT2D eigenvalue weighted by Crippen LogP contribution is -2.32. The molecule has 0 atom stereocenters. The standard InChI is InChI=1S/C23H28N8S/c1-15-6-8-21-25-11-4-5-18-13-27-31(14-18)22-19(17(3)30-32-23(15)29-21)7-9-20(28-22)26-12-10-16(2)24/h5-10,12,27,30H,3-4,11,13-14,24H2,1-2H3,(H,25,29)/b16-10?,18-5+,26-12?. The van der Waals surface area contributed by atoms with E-state index in [9.17, 15) is 0 Å². The van der Waals surface area contributed by atoms with Crippen LogP contribution >= 0.6 is 11.9 Å². The van der Waals surface area contributed by atoms with Crippen LogP contribution in [-0.2, 0) is 0 Å². The molecule has 0 amide bonds. The van der Waals surface area contributed by atoms with E-state index in [1.54, 1.807) is 12.3 Å². The molecule has 4 bridgehead atoms. The molecule has 0 aliphatic carbocycles. The zero-order valence-corrected chi connectivity index (χ0v) is 19.2. The summed E-state index contributed by atoms with van der Waals surface area (Å²) >= 11 is 1.45. The number of pyridine rings is 2. The van der Waals surface area contributed by atoms with Gasteiger partial charge in [-0.3, -0.25) is 5.01 Å². The van der Waals surface area contributed by atoms with Gasteiger partial charge in [0.05, 0.1) is 6.54 Å². The van der Waals surface area contributed by atoms with E-state index < -0.39 is 0 Å². The van der Waals surface area contributed by atoms with Crippen molar-refractivity contribution in [3.63, 3.8) is 0 Å². The summed E-state index contributed by atoms with van der Waals surface area (Å²) in [5, 5.41) is 6.37. The number of aliphatic imine (C=N–C) groups is 1. The third-order valence-corrected chi connectivity index (χ3v) is 6.00. The highest BCUT2D eigenvalue weighted by molar-refractivity contribution is 7.97. The van der Waals surface area contributed by atoms with E-state index in [4.69, 9.17) is 15.7 Å². The topological polar surface area (TPSA) is 103 Å². The predicted molar refractivity (Wildman–Crippen MR) is 134 cm³/mol. The fourth-order valence-electron chi connectivity index (χ4n) is 3.33. The molecule has 0 aromatic carbocycles. The number of hydrogen-bond donors (Lipinski definition) is 4. The lowest BCUT2D eigenvalue weighted by Gasteiger charge is -2.21. The van der Waals surface area contributed by atoms with Gasteiger partial charge in [-0.15, -0.1) is 0 Å². The van der Waals surface area contributed by atoms with Gasteiger partial charge < -0.3 is 15.8 Å². The molecule has 0 spiro atoms. The molecule has 2 aromatic heterocycles. The molecule has 0 saturated carbocycles. The zero-order chi connectivity index (χ0) is 22.5. The van der Waals surface area contributed by atoms with E-state index >= 15 is 0 Å². The zero-order valence-electron chi connectivity index (χ0n) is 18.4. The number of aryl methyl sites for hydroxylation is 1. The number of aromatic nitrogens is 2. The summed E-state index contributed by atoms with van der Waals surface area (Å²) in [7, 11) is 0. The second-order valence-electron chi connectivity index (χ2n) is 7.73. The first kappa shape index (κ1) is 21.9. The molecule has 1 saturated heterocycles. The Morgan fingerprint density at radius 3 is 3.00 bits per heavy atom. The van der Waals surface area contributed by atoms with E-state index in [1.807, 2.05) is 32.0 Å². The Hall–Kier alpha value is -3.30. The molecular weight excluding hydrogens is 420 g/mol. The Morgan fingerprint density at radius 2 is 2.16 bits per heavy atom. The number of nitrogens with zero attached hydrogens (tertiary/aromatic N) is 4. The van der Waals surface area contributed by atoms with Crippen molar-refractivity contribution >= 4 is 41.3 Å². The maximum Gasteiger partial charge on any atom is 0.155 e. The number of fused-ring (bicyclic) bond motifs is 6. The van der Waals surface area contributed by atoms with Crippen molar-refractivity contribution < 1.29 is 0 Å². The summed E-state index contributed by atoms with van der Waals surface area (Å²) in [5.41, 5.74) is 13.9. The fourth-order valence-corrected chi connectivity index (χ4v) is 4.04. The second kappa shape index (κ2) is 9.88. The number of nitrogens with one attached hydrogen (secondary N) is 3. The van der Waals surface area contributed by atoms with Crippen LogP contribution in [0, 0.1) is 6.92 Å². The Kier molecular flexibility index (Phi) is 6.77. The van der Waals surface area contributed by atoms with Crippen molar-refractivity contribution in [3.8, 4) is 0 Å². The second-order valence-corrected chi connectivity index (χ2v) is 8.52. The van der Waals surface area contributed by atoms with Gasteiger partial charge in [0.1, 0.15) is 10.8 Å². The molecule has 4 heterocycles. The summed E-state index contributed by atoms with van der Waals surface area (Å²) in [5.74, 6) is 2.26. The Bertz CT molecular complexity index is 1100. The van der Waals surface area contributed by atoms with Crippen LogP contribution in [0.3, 0.4) is 0 Å². The van der Waals surface area contributed by atoms with Gasteiger partial charge in [-0.25, -0.2) is 20.4 Å². The maximum atomic E-state index is 5.69. The number of nitrogens with two attached hydrogens (primary N) is 1. The van der Waals surface area contributed by atoms with Gasteiger partial charge in [0.25, 0.3) is 0 Å². The van der Waals surface area contributed by atoms with Crippen molar-refractivity contribution in [1.82, 2.24) is 20.1 Å². The van der Waals surface area contributed by atoms with Gasteiger partial charge in [0, 0.05) is 48.2 Å². The molecule has 5 N–H and O–H groups in total. The Labute approximate surface area is 192 Å². The van der Waals surface area contributed by atoms with Crippen LogP contribution in [0.2, 0.25) is 0 Å². The lowest BCUT2D eigenvalue weighted by molar-refractivity contribution is 0.773. The highest BCUT2D eigenvalue weighted by Gasteiger charge is 2.22. The molecule has 0 unspecified atom stereocenters. The minimum atomic E-state index is 0.605. The normalized spacial score (nSPS) is 18.8. The molecule has 166 valence electrons. The van der Waals surface area contributed by atoms with Crippen LogP contribution in [0.15, 0.2) is 64.3 Å². The SMILES string of the molecule is C=C1NSc2nc(ccc2C)NCC/C=C2\CNN(C2)c2nc(N=CC=C(C)N)ccc21. The molecule has 8 nitrogen and oxygen atoms in total. The van der Waals surface area contributed by atoms with Gasteiger partial charge in [-0.2, -0.15) is 0 Å². The summed E-state index contributed by atoms with van der Waals surface area (Å²) < 4.78 is 3.35. The molecule has 2 aliphatic rings. The average Bonchev–Trinajstić information content (AvgIpc) is 3.24. The molecule has 0 radical (unpaired) electrons. The molecule has 2 aromatic rings. The minimum absolute atomic E-state index is 0.605. The van der Waals surface area contributed by atoms with Gasteiger partial charge >= 0.3 is 0 Å². The van der Waals surface area contributed by atoms with Gasteiger partial charge in [0.2, 0.25) is 0 Å². The molecular formula is C23H28N8S. The fraction of sp³-hybridized carbons (Fsp3) is 0.261. The monoisotopic (exact) mass is 448 g/mol. The molecule has 9 heteroatoms.